The maximum absolute atomic E-state index is 13.9. The Kier molecular flexibility index (Phi) is 3.85. The molecular formula is C17H23FN2O2. The fraction of sp³-hybridized carbons (Fsp3) is 0.588. The van der Waals surface area contributed by atoms with Crippen molar-refractivity contribution in [2.24, 2.45) is 11.3 Å². The molecule has 1 saturated carbocycles. The van der Waals surface area contributed by atoms with E-state index in [4.69, 9.17) is 0 Å². The Bertz CT molecular complexity index is 597. The molecule has 1 unspecified atom stereocenters. The zero-order valence-electron chi connectivity index (χ0n) is 13.1. The van der Waals surface area contributed by atoms with Gasteiger partial charge < -0.3 is 15.7 Å². The minimum atomic E-state index is -0.431. The van der Waals surface area contributed by atoms with Crippen LogP contribution in [0.3, 0.4) is 0 Å². The molecule has 4 nitrogen and oxygen atoms in total. The molecule has 1 fully saturated rings. The van der Waals surface area contributed by atoms with E-state index in [0.29, 0.717) is 30.1 Å². The Morgan fingerprint density at radius 2 is 2.23 bits per heavy atom. The van der Waals surface area contributed by atoms with Gasteiger partial charge in [-0.15, -0.1) is 0 Å². The van der Waals surface area contributed by atoms with Crippen molar-refractivity contribution in [3.63, 3.8) is 0 Å². The summed E-state index contributed by atoms with van der Waals surface area (Å²) in [6.45, 7) is 4.57. The number of carbonyl (C=O) groups is 1. The lowest BCUT2D eigenvalue weighted by molar-refractivity contribution is -0.123. The average molecular weight is 306 g/mol. The Labute approximate surface area is 130 Å². The highest BCUT2D eigenvalue weighted by molar-refractivity contribution is 5.87. The first-order valence-corrected chi connectivity index (χ1v) is 7.86. The number of carbonyl (C=O) groups excluding carboxylic acids is 1. The van der Waals surface area contributed by atoms with Crippen molar-refractivity contribution >= 4 is 11.6 Å². The van der Waals surface area contributed by atoms with Crippen LogP contribution in [0.15, 0.2) is 12.1 Å². The van der Waals surface area contributed by atoms with Gasteiger partial charge in [0.2, 0.25) is 5.91 Å². The van der Waals surface area contributed by atoms with Crippen molar-refractivity contribution in [2.75, 3.05) is 18.5 Å². The molecule has 0 radical (unpaired) electrons. The van der Waals surface area contributed by atoms with E-state index in [-0.39, 0.29) is 23.7 Å². The van der Waals surface area contributed by atoms with Crippen LogP contribution in [0.1, 0.15) is 30.9 Å². The zero-order chi connectivity index (χ0) is 15.9. The second-order valence-electron chi connectivity index (χ2n) is 7.06. The monoisotopic (exact) mass is 306 g/mol. The Morgan fingerprint density at radius 1 is 1.50 bits per heavy atom. The van der Waals surface area contributed by atoms with Crippen LogP contribution in [0.5, 0.6) is 0 Å². The van der Waals surface area contributed by atoms with Gasteiger partial charge in [-0.3, -0.25) is 4.79 Å². The quantitative estimate of drug-likeness (QED) is 0.797. The molecule has 1 aromatic rings. The SMILES string of the molecule is Cc1cc(F)c2c(c1)NC(C(=O)NCC1(CO)CC(C)C1)C2. The Balaban J connectivity index is 1.60. The summed E-state index contributed by atoms with van der Waals surface area (Å²) >= 11 is 0. The third kappa shape index (κ3) is 2.70. The van der Waals surface area contributed by atoms with Crippen molar-refractivity contribution in [3.05, 3.63) is 29.1 Å². The standard InChI is InChI=1S/C17H23FN2O2/c1-10-3-13(18)12-5-15(20-14(12)4-10)16(22)19-8-17(9-21)6-11(2)7-17/h3-4,11,15,20-21H,5-9H2,1-2H3,(H,19,22). The summed E-state index contributed by atoms with van der Waals surface area (Å²) in [6.07, 6.45) is 2.25. The number of benzene rings is 1. The molecular weight excluding hydrogens is 283 g/mol. The topological polar surface area (TPSA) is 61.4 Å². The molecule has 1 aromatic carbocycles. The minimum Gasteiger partial charge on any atom is -0.396 e. The lowest BCUT2D eigenvalue weighted by atomic mass is 9.63. The van der Waals surface area contributed by atoms with Gasteiger partial charge >= 0.3 is 0 Å². The number of halogens is 1. The van der Waals surface area contributed by atoms with E-state index < -0.39 is 6.04 Å². The van der Waals surface area contributed by atoms with Crippen LogP contribution in [0.2, 0.25) is 0 Å². The molecule has 0 spiro atoms. The molecule has 1 heterocycles. The summed E-state index contributed by atoms with van der Waals surface area (Å²) in [6, 6.07) is 2.94. The highest BCUT2D eigenvalue weighted by Gasteiger charge is 2.42. The van der Waals surface area contributed by atoms with Crippen molar-refractivity contribution in [2.45, 2.75) is 39.2 Å². The maximum atomic E-state index is 13.9. The molecule has 0 saturated heterocycles. The van der Waals surface area contributed by atoms with Crippen molar-refractivity contribution in [3.8, 4) is 0 Å². The van der Waals surface area contributed by atoms with Crippen LogP contribution in [0.25, 0.3) is 0 Å². The normalized spacial score (nSPS) is 29.5. The van der Waals surface area contributed by atoms with Gasteiger partial charge in [0.25, 0.3) is 0 Å². The van der Waals surface area contributed by atoms with E-state index in [2.05, 4.69) is 17.6 Å². The zero-order valence-corrected chi connectivity index (χ0v) is 13.1. The van der Waals surface area contributed by atoms with Gasteiger partial charge in [-0.25, -0.2) is 4.39 Å². The van der Waals surface area contributed by atoms with Crippen molar-refractivity contribution in [1.82, 2.24) is 5.32 Å². The first kappa shape index (κ1) is 15.3. The summed E-state index contributed by atoms with van der Waals surface area (Å²) in [7, 11) is 0. The molecule has 1 atom stereocenters. The first-order chi connectivity index (χ1) is 10.4. The number of aliphatic hydroxyl groups excluding tert-OH is 1. The molecule has 1 aliphatic carbocycles. The molecule has 1 aliphatic heterocycles. The van der Waals surface area contributed by atoms with E-state index in [1.54, 1.807) is 0 Å². The number of anilines is 1. The van der Waals surface area contributed by atoms with Crippen LogP contribution in [-0.2, 0) is 11.2 Å². The number of aliphatic hydroxyl groups is 1. The molecule has 0 aromatic heterocycles. The van der Waals surface area contributed by atoms with E-state index in [1.807, 2.05) is 13.0 Å². The van der Waals surface area contributed by atoms with Crippen LogP contribution < -0.4 is 10.6 Å². The van der Waals surface area contributed by atoms with E-state index in [0.717, 1.165) is 18.4 Å². The molecule has 2 aliphatic rings. The van der Waals surface area contributed by atoms with Gasteiger partial charge in [-0.1, -0.05) is 6.92 Å². The van der Waals surface area contributed by atoms with Crippen molar-refractivity contribution in [1.29, 1.82) is 0 Å². The number of hydrogen-bond donors (Lipinski definition) is 3. The van der Waals surface area contributed by atoms with Gasteiger partial charge in [0.1, 0.15) is 11.9 Å². The molecule has 120 valence electrons. The van der Waals surface area contributed by atoms with Crippen LogP contribution in [0, 0.1) is 24.1 Å². The van der Waals surface area contributed by atoms with E-state index in [1.165, 1.54) is 6.07 Å². The second-order valence-corrected chi connectivity index (χ2v) is 7.06. The number of nitrogens with one attached hydrogen (secondary N) is 2. The third-order valence-corrected chi connectivity index (χ3v) is 4.93. The highest BCUT2D eigenvalue weighted by Crippen LogP contribution is 2.44. The largest absolute Gasteiger partial charge is 0.396 e. The smallest absolute Gasteiger partial charge is 0.242 e. The maximum Gasteiger partial charge on any atom is 0.242 e. The number of amides is 1. The first-order valence-electron chi connectivity index (χ1n) is 7.86. The minimum absolute atomic E-state index is 0.101. The molecule has 5 heteroatoms. The number of hydrogen-bond acceptors (Lipinski definition) is 3. The summed E-state index contributed by atoms with van der Waals surface area (Å²) in [5.74, 6) is 0.230. The third-order valence-electron chi connectivity index (χ3n) is 4.93. The Hall–Kier alpha value is -1.62. The van der Waals surface area contributed by atoms with Crippen LogP contribution in [0.4, 0.5) is 10.1 Å². The predicted octanol–water partition coefficient (Wildman–Crippen LogP) is 2.00. The summed E-state index contributed by atoms with van der Waals surface area (Å²) in [4.78, 5) is 12.3. The molecule has 3 N–H and O–H groups in total. The van der Waals surface area contributed by atoms with Crippen LogP contribution >= 0.6 is 0 Å². The van der Waals surface area contributed by atoms with Crippen molar-refractivity contribution < 1.29 is 14.3 Å². The average Bonchev–Trinajstić information content (AvgIpc) is 2.86. The summed E-state index contributed by atoms with van der Waals surface area (Å²) in [5.41, 5.74) is 1.97. The van der Waals surface area contributed by atoms with E-state index >= 15 is 0 Å². The molecule has 0 bridgehead atoms. The summed E-state index contributed by atoms with van der Waals surface area (Å²) < 4.78 is 13.9. The predicted molar refractivity (Wildman–Crippen MR) is 83.2 cm³/mol. The van der Waals surface area contributed by atoms with Crippen LogP contribution in [-0.4, -0.2) is 30.2 Å². The summed E-state index contributed by atoms with van der Waals surface area (Å²) in [5, 5.41) is 15.5. The van der Waals surface area contributed by atoms with Gasteiger partial charge in [0.15, 0.2) is 0 Å². The lowest BCUT2D eigenvalue weighted by Crippen LogP contribution is -2.50. The molecule has 3 rings (SSSR count). The molecule has 22 heavy (non-hydrogen) atoms. The Morgan fingerprint density at radius 3 is 2.86 bits per heavy atom. The number of fused-ring (bicyclic) bond motifs is 1. The van der Waals surface area contributed by atoms with Gasteiger partial charge in [-0.2, -0.15) is 0 Å². The number of rotatable bonds is 4. The lowest BCUT2D eigenvalue weighted by Gasteiger charge is -2.45. The van der Waals surface area contributed by atoms with Gasteiger partial charge in [0.05, 0.1) is 6.61 Å². The fourth-order valence-electron chi connectivity index (χ4n) is 3.86. The second kappa shape index (κ2) is 5.54. The molecule has 1 amide bonds. The number of aryl methyl sites for hydroxylation is 1. The van der Waals surface area contributed by atoms with Gasteiger partial charge in [-0.05, 0) is 43.4 Å². The highest BCUT2D eigenvalue weighted by atomic mass is 19.1. The van der Waals surface area contributed by atoms with E-state index in [9.17, 15) is 14.3 Å². The van der Waals surface area contributed by atoms with Gasteiger partial charge in [0, 0.05) is 29.6 Å². The fourth-order valence-corrected chi connectivity index (χ4v) is 3.86.